The zero-order valence-corrected chi connectivity index (χ0v) is 12.1. The van der Waals surface area contributed by atoms with Crippen LogP contribution in [-0.2, 0) is 0 Å². The molecule has 0 aromatic heterocycles. The van der Waals surface area contributed by atoms with E-state index in [1.807, 2.05) is 11.8 Å². The fourth-order valence-corrected chi connectivity index (χ4v) is 2.75. The smallest absolute Gasteiger partial charge is 0.0218 e. The molecule has 1 rings (SSSR count). The first-order chi connectivity index (χ1) is 7.65. The summed E-state index contributed by atoms with van der Waals surface area (Å²) in [4.78, 5) is 2.68. The molecule has 1 aliphatic rings. The largest absolute Gasteiger partial charge is 0.312 e. The Morgan fingerprint density at radius 3 is 2.81 bits per heavy atom. The molecule has 0 aromatic carbocycles. The summed E-state index contributed by atoms with van der Waals surface area (Å²) in [7, 11) is 0. The molecule has 2 unspecified atom stereocenters. The Labute approximate surface area is 106 Å². The van der Waals surface area contributed by atoms with Crippen LogP contribution < -0.4 is 5.32 Å². The summed E-state index contributed by atoms with van der Waals surface area (Å²) in [6, 6.07) is 1.43. The van der Waals surface area contributed by atoms with Crippen molar-refractivity contribution in [3.63, 3.8) is 0 Å². The van der Waals surface area contributed by atoms with Crippen molar-refractivity contribution >= 4 is 11.8 Å². The zero-order valence-electron chi connectivity index (χ0n) is 11.3. The van der Waals surface area contributed by atoms with E-state index in [1.165, 1.54) is 38.2 Å². The number of rotatable bonds is 5. The molecule has 16 heavy (non-hydrogen) atoms. The van der Waals surface area contributed by atoms with Gasteiger partial charge in [-0.05, 0) is 50.8 Å². The number of thioether (sulfide) groups is 1. The van der Waals surface area contributed by atoms with Crippen molar-refractivity contribution in [3.8, 4) is 0 Å². The first kappa shape index (κ1) is 14.3. The average Bonchev–Trinajstić information content (AvgIpc) is 2.42. The second-order valence-corrected chi connectivity index (χ2v) is 6.27. The van der Waals surface area contributed by atoms with Gasteiger partial charge in [-0.15, -0.1) is 0 Å². The van der Waals surface area contributed by atoms with Gasteiger partial charge in [-0.2, -0.15) is 11.8 Å². The van der Waals surface area contributed by atoms with Crippen LogP contribution in [0.25, 0.3) is 0 Å². The molecule has 96 valence electrons. The lowest BCUT2D eigenvalue weighted by atomic mass is 10.0. The van der Waals surface area contributed by atoms with Crippen LogP contribution in [0.4, 0.5) is 0 Å². The van der Waals surface area contributed by atoms with Crippen molar-refractivity contribution < 1.29 is 0 Å². The van der Waals surface area contributed by atoms with Crippen molar-refractivity contribution in [1.29, 1.82) is 0 Å². The predicted molar refractivity (Wildman–Crippen MR) is 75.3 cm³/mol. The summed E-state index contributed by atoms with van der Waals surface area (Å²) in [5.74, 6) is 2.04. The van der Waals surface area contributed by atoms with Crippen molar-refractivity contribution in [2.45, 2.75) is 45.7 Å². The molecule has 1 saturated heterocycles. The topological polar surface area (TPSA) is 15.3 Å². The highest BCUT2D eigenvalue weighted by atomic mass is 32.2. The summed E-state index contributed by atoms with van der Waals surface area (Å²) in [6.07, 6.45) is 4.82. The minimum atomic E-state index is 0.680. The molecule has 0 aliphatic carbocycles. The molecular formula is C13H28N2S. The first-order valence-electron chi connectivity index (χ1n) is 6.61. The molecular weight excluding hydrogens is 216 g/mol. The zero-order chi connectivity index (χ0) is 12.0. The van der Waals surface area contributed by atoms with Crippen LogP contribution in [0, 0.1) is 5.92 Å². The number of hydrogen-bond donors (Lipinski definition) is 1. The van der Waals surface area contributed by atoms with Crippen LogP contribution in [0.2, 0.25) is 0 Å². The summed E-state index contributed by atoms with van der Waals surface area (Å²) < 4.78 is 0. The first-order valence-corrected chi connectivity index (χ1v) is 8.01. The Kier molecular flexibility index (Phi) is 6.78. The SMILES string of the molecule is CSCCCN1CC(C(C)C)NCCC1C. The Hall–Kier alpha value is 0.270. The molecule has 0 aromatic rings. The lowest BCUT2D eigenvalue weighted by Gasteiger charge is -2.30. The molecule has 0 amide bonds. The molecule has 1 heterocycles. The van der Waals surface area contributed by atoms with Crippen molar-refractivity contribution in [2.75, 3.05) is 31.6 Å². The van der Waals surface area contributed by atoms with Crippen LogP contribution in [0.15, 0.2) is 0 Å². The fraction of sp³-hybridized carbons (Fsp3) is 1.00. The van der Waals surface area contributed by atoms with Gasteiger partial charge in [0.25, 0.3) is 0 Å². The van der Waals surface area contributed by atoms with Crippen LogP contribution in [0.1, 0.15) is 33.6 Å². The number of nitrogens with zero attached hydrogens (tertiary/aromatic N) is 1. The van der Waals surface area contributed by atoms with Gasteiger partial charge in [-0.3, -0.25) is 4.90 Å². The molecule has 2 atom stereocenters. The van der Waals surface area contributed by atoms with Gasteiger partial charge < -0.3 is 5.32 Å². The average molecular weight is 244 g/mol. The highest BCUT2D eigenvalue weighted by Gasteiger charge is 2.23. The van der Waals surface area contributed by atoms with Gasteiger partial charge in [0, 0.05) is 18.6 Å². The third-order valence-corrected chi connectivity index (χ3v) is 4.32. The third-order valence-electron chi connectivity index (χ3n) is 3.62. The maximum Gasteiger partial charge on any atom is 0.0218 e. The van der Waals surface area contributed by atoms with Gasteiger partial charge >= 0.3 is 0 Å². The van der Waals surface area contributed by atoms with E-state index in [0.717, 1.165) is 12.0 Å². The van der Waals surface area contributed by atoms with E-state index in [4.69, 9.17) is 0 Å². The Balaban J connectivity index is 2.43. The second kappa shape index (κ2) is 7.57. The molecule has 2 nitrogen and oxygen atoms in total. The van der Waals surface area contributed by atoms with E-state index in [9.17, 15) is 0 Å². The summed E-state index contributed by atoms with van der Waals surface area (Å²) >= 11 is 1.96. The van der Waals surface area contributed by atoms with Gasteiger partial charge in [0.2, 0.25) is 0 Å². The minimum absolute atomic E-state index is 0.680. The third kappa shape index (κ3) is 4.64. The Morgan fingerprint density at radius 2 is 2.19 bits per heavy atom. The molecule has 1 fully saturated rings. The van der Waals surface area contributed by atoms with Gasteiger partial charge in [-0.25, -0.2) is 0 Å². The molecule has 3 heteroatoms. The van der Waals surface area contributed by atoms with E-state index >= 15 is 0 Å². The Bertz CT molecular complexity index is 185. The van der Waals surface area contributed by atoms with Crippen LogP contribution in [0.3, 0.4) is 0 Å². The van der Waals surface area contributed by atoms with Crippen LogP contribution in [0.5, 0.6) is 0 Å². The molecule has 0 spiro atoms. The van der Waals surface area contributed by atoms with Crippen LogP contribution in [-0.4, -0.2) is 48.6 Å². The van der Waals surface area contributed by atoms with E-state index < -0.39 is 0 Å². The standard InChI is InChI=1S/C13H28N2S/c1-11(2)13-10-15(8-5-9-16-4)12(3)6-7-14-13/h11-14H,5-10H2,1-4H3. The fourth-order valence-electron chi connectivity index (χ4n) is 2.33. The van der Waals surface area contributed by atoms with Gasteiger partial charge in [0.1, 0.15) is 0 Å². The summed E-state index contributed by atoms with van der Waals surface area (Å²) in [6.45, 7) is 10.7. The lowest BCUT2D eigenvalue weighted by Crippen LogP contribution is -2.43. The van der Waals surface area contributed by atoms with E-state index in [1.54, 1.807) is 0 Å². The summed E-state index contributed by atoms with van der Waals surface area (Å²) in [5.41, 5.74) is 0. The molecule has 0 radical (unpaired) electrons. The van der Waals surface area contributed by atoms with Gasteiger partial charge in [0.15, 0.2) is 0 Å². The van der Waals surface area contributed by atoms with Gasteiger partial charge in [0.05, 0.1) is 0 Å². The van der Waals surface area contributed by atoms with Crippen molar-refractivity contribution in [2.24, 2.45) is 5.92 Å². The predicted octanol–water partition coefficient (Wildman–Crippen LogP) is 2.45. The minimum Gasteiger partial charge on any atom is -0.312 e. The number of hydrogen-bond acceptors (Lipinski definition) is 3. The maximum atomic E-state index is 3.68. The second-order valence-electron chi connectivity index (χ2n) is 5.28. The number of nitrogens with one attached hydrogen (secondary N) is 1. The normalized spacial score (nSPS) is 28.3. The molecule has 0 bridgehead atoms. The van der Waals surface area contributed by atoms with E-state index in [2.05, 4.69) is 37.2 Å². The van der Waals surface area contributed by atoms with E-state index in [0.29, 0.717) is 6.04 Å². The molecule has 1 N–H and O–H groups in total. The van der Waals surface area contributed by atoms with Crippen molar-refractivity contribution in [3.05, 3.63) is 0 Å². The molecule has 0 saturated carbocycles. The van der Waals surface area contributed by atoms with E-state index in [-0.39, 0.29) is 0 Å². The Morgan fingerprint density at radius 1 is 1.44 bits per heavy atom. The lowest BCUT2D eigenvalue weighted by molar-refractivity contribution is 0.193. The van der Waals surface area contributed by atoms with Crippen LogP contribution >= 0.6 is 11.8 Å². The quantitative estimate of drug-likeness (QED) is 0.748. The summed E-state index contributed by atoms with van der Waals surface area (Å²) in [5, 5.41) is 3.68. The van der Waals surface area contributed by atoms with Gasteiger partial charge in [-0.1, -0.05) is 13.8 Å². The molecule has 1 aliphatic heterocycles. The highest BCUT2D eigenvalue weighted by Crippen LogP contribution is 2.14. The monoisotopic (exact) mass is 244 g/mol. The van der Waals surface area contributed by atoms with Crippen molar-refractivity contribution in [1.82, 2.24) is 10.2 Å². The maximum absolute atomic E-state index is 3.68. The highest BCUT2D eigenvalue weighted by molar-refractivity contribution is 7.98.